The lowest BCUT2D eigenvalue weighted by molar-refractivity contribution is -0.119. The van der Waals surface area contributed by atoms with Crippen LogP contribution in [0.15, 0.2) is 12.2 Å². The summed E-state index contributed by atoms with van der Waals surface area (Å²) >= 11 is 0. The van der Waals surface area contributed by atoms with Gasteiger partial charge in [-0.2, -0.15) is 0 Å². The molecule has 9 heavy (non-hydrogen) atoms. The number of carbonyl (C=O) groups excluding carboxylic acids is 1. The minimum atomic E-state index is -0.00810. The highest BCUT2D eigenvalue weighted by molar-refractivity contribution is 6.00. The van der Waals surface area contributed by atoms with Gasteiger partial charge in [0.1, 0.15) is 0 Å². The lowest BCUT2D eigenvalue weighted by Crippen LogP contribution is -2.11. The molecule has 1 aliphatic rings. The summed E-state index contributed by atoms with van der Waals surface area (Å²) in [7, 11) is 0. The molecule has 0 atom stereocenters. The van der Waals surface area contributed by atoms with Crippen molar-refractivity contribution >= 4 is 5.78 Å². The van der Waals surface area contributed by atoms with Gasteiger partial charge in [0.25, 0.3) is 0 Å². The van der Waals surface area contributed by atoms with Gasteiger partial charge >= 0.3 is 0 Å². The van der Waals surface area contributed by atoms with Crippen molar-refractivity contribution in [3.8, 4) is 0 Å². The van der Waals surface area contributed by atoms with Crippen molar-refractivity contribution in [2.75, 3.05) is 0 Å². The first-order chi connectivity index (χ1) is 4.06. The molecule has 1 aliphatic carbocycles. The number of hydrogen-bond donors (Lipinski definition) is 0. The Kier molecular flexibility index (Phi) is 1.23. The maximum Gasteiger partial charge on any atom is 0.163 e. The van der Waals surface area contributed by atoms with Crippen LogP contribution in [0.2, 0.25) is 0 Å². The van der Waals surface area contributed by atoms with E-state index in [0.29, 0.717) is 5.57 Å². The van der Waals surface area contributed by atoms with E-state index in [0.717, 1.165) is 12.8 Å². The molecule has 0 aromatic carbocycles. The van der Waals surface area contributed by atoms with Crippen LogP contribution < -0.4 is 0 Å². The fourth-order valence-electron chi connectivity index (χ4n) is 0.930. The van der Waals surface area contributed by atoms with Crippen molar-refractivity contribution in [3.63, 3.8) is 0 Å². The van der Waals surface area contributed by atoms with E-state index in [9.17, 15) is 4.79 Å². The van der Waals surface area contributed by atoms with Gasteiger partial charge in [-0.3, -0.25) is 4.79 Å². The normalized spacial score (nSPS) is 21.1. The maximum absolute atomic E-state index is 11.1. The van der Waals surface area contributed by atoms with Crippen LogP contribution in [0.25, 0.3) is 0 Å². The fraction of sp³-hybridized carbons (Fsp3) is 0.625. The zero-order chi connectivity index (χ0) is 7.07. The average Bonchev–Trinajstić information content (AvgIpc) is 2.47. The Morgan fingerprint density at radius 2 is 2.00 bits per heavy atom. The SMILES string of the molecule is C=C(C)C(=O)C1(C)CC1. The molecule has 0 saturated heterocycles. The molecule has 1 heteroatoms. The van der Waals surface area contributed by atoms with E-state index in [4.69, 9.17) is 0 Å². The lowest BCUT2D eigenvalue weighted by Gasteiger charge is -2.03. The standard InChI is InChI=1S/C8H12O/c1-6(2)7(9)8(3)4-5-8/h1,4-5H2,2-3H3. The number of carbonyl (C=O) groups is 1. The zero-order valence-electron chi connectivity index (χ0n) is 6.03. The summed E-state index contributed by atoms with van der Waals surface area (Å²) in [6, 6.07) is 0. The molecule has 0 heterocycles. The number of allylic oxidation sites excluding steroid dienone is 1. The second-order valence-corrected chi connectivity index (χ2v) is 3.17. The summed E-state index contributed by atoms with van der Waals surface area (Å²) in [4.78, 5) is 11.1. The van der Waals surface area contributed by atoms with Crippen molar-refractivity contribution in [1.82, 2.24) is 0 Å². The van der Waals surface area contributed by atoms with E-state index >= 15 is 0 Å². The van der Waals surface area contributed by atoms with Crippen LogP contribution in [0.1, 0.15) is 26.7 Å². The predicted octanol–water partition coefficient (Wildman–Crippen LogP) is 1.93. The first-order valence-corrected chi connectivity index (χ1v) is 3.26. The summed E-state index contributed by atoms with van der Waals surface area (Å²) in [6.45, 7) is 7.40. The first-order valence-electron chi connectivity index (χ1n) is 3.26. The molecule has 0 bridgehead atoms. The molecule has 0 N–H and O–H groups in total. The molecule has 0 radical (unpaired) electrons. The van der Waals surface area contributed by atoms with Gasteiger partial charge in [0.05, 0.1) is 0 Å². The van der Waals surface area contributed by atoms with Crippen LogP contribution in [-0.4, -0.2) is 5.78 Å². The molecule has 0 aromatic rings. The Morgan fingerprint density at radius 3 is 2.11 bits per heavy atom. The van der Waals surface area contributed by atoms with Gasteiger partial charge in [-0.05, 0) is 25.3 Å². The first kappa shape index (κ1) is 6.53. The average molecular weight is 124 g/mol. The summed E-state index contributed by atoms with van der Waals surface area (Å²) in [5.41, 5.74) is 0.696. The Balaban J connectivity index is 2.63. The summed E-state index contributed by atoms with van der Waals surface area (Å²) < 4.78 is 0. The van der Waals surface area contributed by atoms with E-state index in [1.165, 1.54) is 0 Å². The Bertz CT molecular complexity index is 163. The van der Waals surface area contributed by atoms with Crippen LogP contribution >= 0.6 is 0 Å². The minimum Gasteiger partial charge on any atom is -0.294 e. The molecule has 0 aromatic heterocycles. The van der Waals surface area contributed by atoms with Gasteiger partial charge in [-0.1, -0.05) is 13.5 Å². The fourth-order valence-corrected chi connectivity index (χ4v) is 0.930. The molecular formula is C8H12O. The third-order valence-corrected chi connectivity index (χ3v) is 1.94. The molecule has 0 unspecified atom stereocenters. The highest BCUT2D eigenvalue weighted by atomic mass is 16.1. The van der Waals surface area contributed by atoms with Crippen LogP contribution in [0.5, 0.6) is 0 Å². The van der Waals surface area contributed by atoms with E-state index in [1.807, 2.05) is 6.92 Å². The second kappa shape index (κ2) is 1.69. The van der Waals surface area contributed by atoms with E-state index in [1.54, 1.807) is 6.92 Å². The van der Waals surface area contributed by atoms with Gasteiger partial charge < -0.3 is 0 Å². The quantitative estimate of drug-likeness (QED) is 0.514. The van der Waals surface area contributed by atoms with Gasteiger partial charge in [0.2, 0.25) is 0 Å². The monoisotopic (exact) mass is 124 g/mol. The van der Waals surface area contributed by atoms with E-state index in [2.05, 4.69) is 6.58 Å². The van der Waals surface area contributed by atoms with Crippen molar-refractivity contribution in [1.29, 1.82) is 0 Å². The Morgan fingerprint density at radius 1 is 1.56 bits per heavy atom. The van der Waals surface area contributed by atoms with Gasteiger partial charge in [0.15, 0.2) is 5.78 Å². The number of ketones is 1. The van der Waals surface area contributed by atoms with Crippen LogP contribution in [0.4, 0.5) is 0 Å². The lowest BCUT2D eigenvalue weighted by atomic mass is 9.99. The summed E-state index contributed by atoms with van der Waals surface area (Å²) in [5.74, 6) is 0.252. The van der Waals surface area contributed by atoms with Crippen molar-refractivity contribution in [2.45, 2.75) is 26.7 Å². The van der Waals surface area contributed by atoms with Crippen LogP contribution in [0.3, 0.4) is 0 Å². The highest BCUT2D eigenvalue weighted by Gasteiger charge is 2.44. The largest absolute Gasteiger partial charge is 0.294 e. The van der Waals surface area contributed by atoms with Crippen molar-refractivity contribution in [3.05, 3.63) is 12.2 Å². The predicted molar refractivity (Wildman–Crippen MR) is 37.2 cm³/mol. The maximum atomic E-state index is 11.1. The molecule has 0 aliphatic heterocycles. The van der Waals surface area contributed by atoms with Gasteiger partial charge in [-0.25, -0.2) is 0 Å². The van der Waals surface area contributed by atoms with Crippen molar-refractivity contribution in [2.24, 2.45) is 5.41 Å². The molecule has 50 valence electrons. The number of Topliss-reactive ketones (excluding diaryl/α,β-unsaturated/α-hetero) is 1. The minimum absolute atomic E-state index is 0.00810. The molecule has 1 nitrogen and oxygen atoms in total. The zero-order valence-corrected chi connectivity index (χ0v) is 6.03. The number of hydrogen-bond acceptors (Lipinski definition) is 1. The highest BCUT2D eigenvalue weighted by Crippen LogP contribution is 2.47. The molecular weight excluding hydrogens is 112 g/mol. The smallest absolute Gasteiger partial charge is 0.163 e. The van der Waals surface area contributed by atoms with Crippen LogP contribution in [-0.2, 0) is 4.79 Å². The van der Waals surface area contributed by atoms with Gasteiger partial charge in [-0.15, -0.1) is 0 Å². The molecule has 1 fully saturated rings. The Labute approximate surface area is 55.8 Å². The molecule has 0 spiro atoms. The van der Waals surface area contributed by atoms with E-state index < -0.39 is 0 Å². The molecule has 0 amide bonds. The molecule has 1 rings (SSSR count). The Hall–Kier alpha value is -0.590. The van der Waals surface area contributed by atoms with Gasteiger partial charge in [0, 0.05) is 5.41 Å². The van der Waals surface area contributed by atoms with Crippen molar-refractivity contribution < 1.29 is 4.79 Å². The van der Waals surface area contributed by atoms with Crippen LogP contribution in [0, 0.1) is 5.41 Å². The third kappa shape index (κ3) is 1.04. The second-order valence-electron chi connectivity index (χ2n) is 3.17. The topological polar surface area (TPSA) is 17.1 Å². The third-order valence-electron chi connectivity index (χ3n) is 1.94. The van der Waals surface area contributed by atoms with E-state index in [-0.39, 0.29) is 11.2 Å². The molecule has 1 saturated carbocycles. The summed E-state index contributed by atoms with van der Waals surface area (Å²) in [5, 5.41) is 0. The summed E-state index contributed by atoms with van der Waals surface area (Å²) in [6.07, 6.45) is 2.11. The number of rotatable bonds is 2.